The van der Waals surface area contributed by atoms with Gasteiger partial charge in [0.1, 0.15) is 8.22 Å². The van der Waals surface area contributed by atoms with E-state index in [4.69, 9.17) is 13.6 Å². The molecule has 0 aliphatic carbocycles. The molecule has 0 fully saturated rings. The summed E-state index contributed by atoms with van der Waals surface area (Å²) in [6.07, 6.45) is 1.92. The van der Waals surface area contributed by atoms with Gasteiger partial charge in [-0.3, -0.25) is 0 Å². The molecule has 0 heterocycles. The van der Waals surface area contributed by atoms with E-state index in [1.807, 2.05) is 0 Å². The molecule has 2 unspecified atom stereocenters. The minimum Gasteiger partial charge on any atom is -0.418 e. The molecule has 0 radical (unpaired) electrons. The van der Waals surface area contributed by atoms with Gasteiger partial charge in [-0.2, -0.15) is 0 Å². The van der Waals surface area contributed by atoms with E-state index in [2.05, 4.69) is 84.5 Å². The number of hydrogen-bond donors (Lipinski definition) is 0. The first-order valence-corrected chi connectivity index (χ1v) is 16.0. The lowest BCUT2D eigenvalue weighted by atomic mass is 10.4. The molecule has 0 N–H and O–H groups in total. The largest absolute Gasteiger partial charge is 0.418 e. The first-order chi connectivity index (χ1) is 8.49. The molecule has 116 valence electrons. The summed E-state index contributed by atoms with van der Waals surface area (Å²) >= 11 is 4.70. The Morgan fingerprint density at radius 1 is 0.737 bits per heavy atom. The van der Waals surface area contributed by atoms with E-state index in [1.54, 1.807) is 0 Å². The highest BCUT2D eigenvalue weighted by Gasteiger charge is 2.18. The van der Waals surface area contributed by atoms with Crippen molar-refractivity contribution in [3.63, 3.8) is 0 Å². The second-order valence-electron chi connectivity index (χ2n) is 6.46. The van der Waals surface area contributed by atoms with Gasteiger partial charge in [-0.05, 0) is 39.3 Å². The zero-order valence-corrected chi connectivity index (χ0v) is 19.3. The average molecular weight is 530 g/mol. The van der Waals surface area contributed by atoms with E-state index in [9.17, 15) is 0 Å². The second-order valence-corrected chi connectivity index (χ2v) is 18.3. The fourth-order valence-electron chi connectivity index (χ4n) is 1.21. The van der Waals surface area contributed by atoms with E-state index in [1.165, 1.54) is 0 Å². The van der Waals surface area contributed by atoms with E-state index in [0.717, 1.165) is 26.1 Å². The minimum absolute atomic E-state index is 0.225. The van der Waals surface area contributed by atoms with E-state index in [0.29, 0.717) is 0 Å². The van der Waals surface area contributed by atoms with Crippen molar-refractivity contribution in [2.75, 3.05) is 13.2 Å². The Labute approximate surface area is 148 Å². The molecule has 0 aromatic heterocycles. The molecular weight excluding hydrogens is 502 g/mol. The van der Waals surface area contributed by atoms with Crippen molar-refractivity contribution in [2.24, 2.45) is 0 Å². The SMILES string of the molecule is C[Si](C)(C)OCCC(I)OC(I)CCO[Si](C)(C)C. The van der Waals surface area contributed by atoms with Crippen molar-refractivity contribution < 1.29 is 13.6 Å². The summed E-state index contributed by atoms with van der Waals surface area (Å²) in [4.78, 5) is 0. The maximum atomic E-state index is 5.92. The summed E-state index contributed by atoms with van der Waals surface area (Å²) in [6, 6.07) is 0. The molecule has 3 nitrogen and oxygen atoms in total. The minimum atomic E-state index is -1.38. The molecule has 0 rings (SSSR count). The zero-order valence-electron chi connectivity index (χ0n) is 13.0. The van der Waals surface area contributed by atoms with E-state index in [-0.39, 0.29) is 8.22 Å². The van der Waals surface area contributed by atoms with Crippen molar-refractivity contribution in [1.82, 2.24) is 0 Å². The highest BCUT2D eigenvalue weighted by atomic mass is 127. The standard InChI is InChI=1S/C12H28I2O3Si2/c1-18(2,3)15-9-7-11(13)17-12(14)8-10-16-19(4,5)6/h11-12H,7-10H2,1-6H3. The van der Waals surface area contributed by atoms with Crippen molar-refractivity contribution in [3.8, 4) is 0 Å². The third-order valence-corrected chi connectivity index (χ3v) is 6.03. The quantitative estimate of drug-likeness (QED) is 0.226. The fourth-order valence-corrected chi connectivity index (χ4v) is 4.45. The third kappa shape index (κ3) is 16.0. The van der Waals surface area contributed by atoms with Gasteiger partial charge in [0.25, 0.3) is 0 Å². The first kappa shape index (κ1) is 20.8. The van der Waals surface area contributed by atoms with Crippen LogP contribution in [-0.4, -0.2) is 38.1 Å². The Kier molecular flexibility index (Phi) is 10.6. The Hall–Kier alpha value is 1.77. The van der Waals surface area contributed by atoms with Gasteiger partial charge in [0, 0.05) is 26.1 Å². The van der Waals surface area contributed by atoms with Crippen LogP contribution in [0.4, 0.5) is 0 Å². The van der Waals surface area contributed by atoms with Crippen LogP contribution in [0.5, 0.6) is 0 Å². The number of alkyl halides is 2. The Balaban J connectivity index is 3.66. The lowest BCUT2D eigenvalue weighted by molar-refractivity contribution is 0.0819. The molecule has 0 saturated carbocycles. The smallest absolute Gasteiger partial charge is 0.183 e. The highest BCUT2D eigenvalue weighted by molar-refractivity contribution is 14.1. The molecule has 2 atom stereocenters. The molecule has 0 amide bonds. The fraction of sp³-hybridized carbons (Fsp3) is 1.00. The molecule has 19 heavy (non-hydrogen) atoms. The molecule has 0 spiro atoms. The predicted octanol–water partition coefficient (Wildman–Crippen LogP) is 5.01. The molecule has 0 bridgehead atoms. The summed E-state index contributed by atoms with van der Waals surface area (Å²) < 4.78 is 18.1. The summed E-state index contributed by atoms with van der Waals surface area (Å²) in [5.74, 6) is 0. The Bertz CT molecular complexity index is 218. The molecular formula is C12H28I2O3Si2. The number of rotatable bonds is 10. The van der Waals surface area contributed by atoms with Crippen LogP contribution in [0.25, 0.3) is 0 Å². The van der Waals surface area contributed by atoms with Crippen LogP contribution in [0.3, 0.4) is 0 Å². The number of halogens is 2. The van der Waals surface area contributed by atoms with Crippen LogP contribution in [0.15, 0.2) is 0 Å². The van der Waals surface area contributed by atoms with Gasteiger partial charge in [-0.25, -0.2) is 0 Å². The molecule has 7 heteroatoms. The summed E-state index contributed by atoms with van der Waals surface area (Å²) in [5.41, 5.74) is 0. The van der Waals surface area contributed by atoms with Crippen molar-refractivity contribution >= 4 is 61.8 Å². The van der Waals surface area contributed by atoms with Crippen molar-refractivity contribution in [1.29, 1.82) is 0 Å². The van der Waals surface area contributed by atoms with E-state index < -0.39 is 16.6 Å². The summed E-state index contributed by atoms with van der Waals surface area (Å²) in [6.45, 7) is 14.9. The average Bonchev–Trinajstić information content (AvgIpc) is 2.12. The lowest BCUT2D eigenvalue weighted by Gasteiger charge is -2.22. The van der Waals surface area contributed by atoms with Gasteiger partial charge in [-0.1, -0.05) is 45.2 Å². The summed E-state index contributed by atoms with van der Waals surface area (Å²) in [5, 5.41) is 0. The Morgan fingerprint density at radius 2 is 1.05 bits per heavy atom. The van der Waals surface area contributed by atoms with Gasteiger partial charge in [0.05, 0.1) is 0 Å². The van der Waals surface area contributed by atoms with Crippen molar-refractivity contribution in [3.05, 3.63) is 0 Å². The summed E-state index contributed by atoms with van der Waals surface area (Å²) in [7, 11) is -2.76. The van der Waals surface area contributed by atoms with Crippen LogP contribution in [-0.2, 0) is 13.6 Å². The van der Waals surface area contributed by atoms with Crippen LogP contribution in [0.1, 0.15) is 12.8 Å². The number of ether oxygens (including phenoxy) is 1. The molecule has 0 saturated heterocycles. The van der Waals surface area contributed by atoms with Gasteiger partial charge in [0.2, 0.25) is 0 Å². The van der Waals surface area contributed by atoms with Gasteiger partial charge < -0.3 is 13.6 Å². The predicted molar refractivity (Wildman–Crippen MR) is 105 cm³/mol. The topological polar surface area (TPSA) is 27.7 Å². The molecule has 0 aliphatic rings. The number of hydrogen-bond acceptors (Lipinski definition) is 3. The van der Waals surface area contributed by atoms with Crippen LogP contribution in [0.2, 0.25) is 39.3 Å². The molecule has 0 aliphatic heterocycles. The van der Waals surface area contributed by atoms with E-state index >= 15 is 0 Å². The van der Waals surface area contributed by atoms with Gasteiger partial charge >= 0.3 is 0 Å². The van der Waals surface area contributed by atoms with Gasteiger partial charge in [0.15, 0.2) is 16.6 Å². The highest BCUT2D eigenvalue weighted by Crippen LogP contribution is 2.19. The maximum Gasteiger partial charge on any atom is 0.183 e. The maximum absolute atomic E-state index is 5.92. The molecule has 0 aromatic rings. The normalized spacial score (nSPS) is 16.4. The Morgan fingerprint density at radius 3 is 1.32 bits per heavy atom. The van der Waals surface area contributed by atoms with Crippen molar-refractivity contribution in [2.45, 2.75) is 60.3 Å². The second kappa shape index (κ2) is 9.72. The van der Waals surface area contributed by atoms with Gasteiger partial charge in [-0.15, -0.1) is 0 Å². The first-order valence-electron chi connectivity index (χ1n) is 6.71. The monoisotopic (exact) mass is 530 g/mol. The van der Waals surface area contributed by atoms with Crippen LogP contribution < -0.4 is 0 Å². The lowest BCUT2D eigenvalue weighted by Crippen LogP contribution is -2.28. The zero-order chi connectivity index (χ0) is 15.1. The van der Waals surface area contributed by atoms with Crippen LogP contribution >= 0.6 is 45.2 Å². The van der Waals surface area contributed by atoms with Crippen LogP contribution in [0, 0.1) is 0 Å². The third-order valence-electron chi connectivity index (χ3n) is 2.06. The molecule has 0 aromatic carbocycles.